The molecule has 1 N–H and O–H groups in total. The zero-order valence-electron chi connectivity index (χ0n) is 10.3. The molecule has 0 radical (unpaired) electrons. The lowest BCUT2D eigenvalue weighted by Gasteiger charge is -2.33. The maximum absolute atomic E-state index is 3.79. The van der Waals surface area contributed by atoms with E-state index in [2.05, 4.69) is 42.6 Å². The van der Waals surface area contributed by atoms with Crippen molar-refractivity contribution in [2.45, 2.75) is 51.0 Å². The smallest absolute Gasteiger partial charge is 0.0219 e. The number of hydrogen-bond acceptors (Lipinski definition) is 1. The molecule has 1 atom stereocenters. The quantitative estimate of drug-likeness (QED) is 0.816. The van der Waals surface area contributed by atoms with Crippen molar-refractivity contribution in [3.05, 3.63) is 35.9 Å². The Bertz CT molecular complexity index is 296. The first kappa shape index (κ1) is 11.7. The summed E-state index contributed by atoms with van der Waals surface area (Å²) in [5.74, 6) is 0. The van der Waals surface area contributed by atoms with Crippen LogP contribution in [0.25, 0.3) is 0 Å². The van der Waals surface area contributed by atoms with Gasteiger partial charge in [-0.25, -0.2) is 0 Å². The fraction of sp³-hybridized carbons (Fsp3) is 0.600. The second kappa shape index (κ2) is 5.49. The Morgan fingerprint density at radius 2 is 1.94 bits per heavy atom. The van der Waals surface area contributed by atoms with Gasteiger partial charge in [-0.15, -0.1) is 0 Å². The van der Waals surface area contributed by atoms with Crippen molar-refractivity contribution >= 4 is 0 Å². The third-order valence-corrected chi connectivity index (χ3v) is 3.89. The molecule has 16 heavy (non-hydrogen) atoms. The molecule has 1 heterocycles. The molecule has 0 saturated carbocycles. The van der Waals surface area contributed by atoms with Gasteiger partial charge >= 0.3 is 0 Å². The van der Waals surface area contributed by atoms with Gasteiger partial charge in [0.15, 0.2) is 0 Å². The van der Waals surface area contributed by atoms with Crippen LogP contribution in [-0.4, -0.2) is 12.1 Å². The first-order chi connectivity index (χ1) is 7.85. The molecular formula is C15H23N. The Hall–Kier alpha value is -0.820. The van der Waals surface area contributed by atoms with Crippen molar-refractivity contribution in [3.8, 4) is 0 Å². The van der Waals surface area contributed by atoms with E-state index in [-0.39, 0.29) is 0 Å². The zero-order valence-corrected chi connectivity index (χ0v) is 10.3. The van der Waals surface area contributed by atoms with Crippen molar-refractivity contribution in [1.82, 2.24) is 5.32 Å². The highest BCUT2D eigenvalue weighted by molar-refractivity contribution is 5.18. The molecule has 0 aromatic heterocycles. The molecule has 0 aliphatic carbocycles. The average Bonchev–Trinajstić information content (AvgIpc) is 2.57. The van der Waals surface area contributed by atoms with Crippen LogP contribution in [0.2, 0.25) is 0 Å². The highest BCUT2D eigenvalue weighted by Gasteiger charge is 2.28. The van der Waals surface area contributed by atoms with Crippen molar-refractivity contribution in [2.24, 2.45) is 0 Å². The van der Waals surface area contributed by atoms with E-state index in [1.165, 1.54) is 50.6 Å². The topological polar surface area (TPSA) is 12.0 Å². The van der Waals surface area contributed by atoms with Gasteiger partial charge in [-0.05, 0) is 37.8 Å². The van der Waals surface area contributed by atoms with Gasteiger partial charge in [0, 0.05) is 5.54 Å². The predicted octanol–water partition coefficient (Wildman–Crippen LogP) is 3.54. The van der Waals surface area contributed by atoms with Crippen LogP contribution in [0.4, 0.5) is 0 Å². The zero-order chi connectivity index (χ0) is 11.3. The summed E-state index contributed by atoms with van der Waals surface area (Å²) in [4.78, 5) is 0. The van der Waals surface area contributed by atoms with Gasteiger partial charge in [-0.2, -0.15) is 0 Å². The van der Waals surface area contributed by atoms with Gasteiger partial charge in [0.1, 0.15) is 0 Å². The number of rotatable bonds is 3. The van der Waals surface area contributed by atoms with E-state index in [9.17, 15) is 0 Å². The molecule has 2 rings (SSSR count). The summed E-state index contributed by atoms with van der Waals surface area (Å²) in [5, 5.41) is 3.79. The highest BCUT2D eigenvalue weighted by Crippen LogP contribution is 2.26. The van der Waals surface area contributed by atoms with E-state index in [0.29, 0.717) is 5.54 Å². The number of nitrogens with one attached hydrogen (secondary N) is 1. The van der Waals surface area contributed by atoms with E-state index in [0.717, 1.165) is 0 Å². The van der Waals surface area contributed by atoms with E-state index in [4.69, 9.17) is 0 Å². The minimum Gasteiger partial charge on any atom is -0.311 e. The number of hydrogen-bond donors (Lipinski definition) is 1. The first-order valence-electron chi connectivity index (χ1n) is 6.64. The molecule has 1 aliphatic heterocycles. The minimum atomic E-state index is 0.359. The van der Waals surface area contributed by atoms with Gasteiger partial charge < -0.3 is 5.32 Å². The van der Waals surface area contributed by atoms with E-state index in [1.807, 2.05) is 0 Å². The van der Waals surface area contributed by atoms with Crippen molar-refractivity contribution < 1.29 is 0 Å². The van der Waals surface area contributed by atoms with Crippen LogP contribution in [0.1, 0.15) is 44.6 Å². The maximum Gasteiger partial charge on any atom is 0.0219 e. The molecule has 1 unspecified atom stereocenters. The Balaban J connectivity index is 2.08. The Morgan fingerprint density at radius 3 is 2.69 bits per heavy atom. The standard InChI is InChI=1S/C15H23N/c1-2-15(11-7-4-8-12-16-15)13-14-9-5-3-6-10-14/h3,5-6,9-10,16H,2,4,7-8,11-13H2,1H3. The van der Waals surface area contributed by atoms with Crippen LogP contribution >= 0.6 is 0 Å². The average molecular weight is 217 g/mol. The normalized spacial score (nSPS) is 26.3. The van der Waals surface area contributed by atoms with Gasteiger partial charge in [-0.3, -0.25) is 0 Å². The summed E-state index contributed by atoms with van der Waals surface area (Å²) < 4.78 is 0. The molecule has 1 nitrogen and oxygen atoms in total. The molecule has 0 bridgehead atoms. The van der Waals surface area contributed by atoms with Crippen LogP contribution in [-0.2, 0) is 6.42 Å². The van der Waals surface area contributed by atoms with E-state index >= 15 is 0 Å². The summed E-state index contributed by atoms with van der Waals surface area (Å²) in [6, 6.07) is 10.9. The van der Waals surface area contributed by atoms with Crippen molar-refractivity contribution in [3.63, 3.8) is 0 Å². The third kappa shape index (κ3) is 2.85. The van der Waals surface area contributed by atoms with Crippen LogP contribution < -0.4 is 5.32 Å². The summed E-state index contributed by atoms with van der Waals surface area (Å²) in [7, 11) is 0. The molecule has 1 heteroatoms. The van der Waals surface area contributed by atoms with Crippen LogP contribution in [0.3, 0.4) is 0 Å². The van der Waals surface area contributed by atoms with Crippen LogP contribution in [0.15, 0.2) is 30.3 Å². The van der Waals surface area contributed by atoms with E-state index in [1.54, 1.807) is 0 Å². The molecule has 1 saturated heterocycles. The third-order valence-electron chi connectivity index (χ3n) is 3.89. The van der Waals surface area contributed by atoms with Crippen LogP contribution in [0, 0.1) is 0 Å². The van der Waals surface area contributed by atoms with Gasteiger partial charge in [0.05, 0.1) is 0 Å². The molecule has 1 fully saturated rings. The Labute approximate surface area is 99.3 Å². The van der Waals surface area contributed by atoms with Crippen molar-refractivity contribution in [2.75, 3.05) is 6.54 Å². The summed E-state index contributed by atoms with van der Waals surface area (Å²) in [6.45, 7) is 3.52. The largest absolute Gasteiger partial charge is 0.311 e. The number of benzene rings is 1. The fourth-order valence-corrected chi connectivity index (χ4v) is 2.77. The molecule has 0 amide bonds. The molecule has 88 valence electrons. The molecule has 1 aliphatic rings. The molecule has 1 aromatic rings. The predicted molar refractivity (Wildman–Crippen MR) is 69.6 cm³/mol. The van der Waals surface area contributed by atoms with Gasteiger partial charge in [0.25, 0.3) is 0 Å². The SMILES string of the molecule is CCC1(Cc2ccccc2)CCCCCN1. The maximum atomic E-state index is 3.79. The lowest BCUT2D eigenvalue weighted by Crippen LogP contribution is -2.46. The lowest BCUT2D eigenvalue weighted by atomic mass is 9.84. The fourth-order valence-electron chi connectivity index (χ4n) is 2.77. The summed E-state index contributed by atoms with van der Waals surface area (Å²) >= 11 is 0. The lowest BCUT2D eigenvalue weighted by molar-refractivity contribution is 0.302. The van der Waals surface area contributed by atoms with Gasteiger partial charge in [0.2, 0.25) is 0 Å². The second-order valence-corrected chi connectivity index (χ2v) is 5.03. The molecule has 0 spiro atoms. The Kier molecular flexibility index (Phi) is 4.00. The van der Waals surface area contributed by atoms with E-state index < -0.39 is 0 Å². The monoisotopic (exact) mass is 217 g/mol. The Morgan fingerprint density at radius 1 is 1.12 bits per heavy atom. The van der Waals surface area contributed by atoms with Gasteiger partial charge in [-0.1, -0.05) is 50.1 Å². The van der Waals surface area contributed by atoms with Crippen LogP contribution in [0.5, 0.6) is 0 Å². The molecular weight excluding hydrogens is 194 g/mol. The second-order valence-electron chi connectivity index (χ2n) is 5.03. The summed E-state index contributed by atoms with van der Waals surface area (Å²) in [6.07, 6.45) is 7.87. The molecule has 1 aromatic carbocycles. The summed E-state index contributed by atoms with van der Waals surface area (Å²) in [5.41, 5.74) is 1.83. The van der Waals surface area contributed by atoms with Crippen molar-refractivity contribution in [1.29, 1.82) is 0 Å². The first-order valence-corrected chi connectivity index (χ1v) is 6.64. The highest BCUT2D eigenvalue weighted by atomic mass is 15.0. The minimum absolute atomic E-state index is 0.359.